The molecule has 39 heavy (non-hydrogen) atoms. The lowest BCUT2D eigenvalue weighted by atomic mass is 10.1. The van der Waals surface area contributed by atoms with Crippen molar-refractivity contribution in [3.8, 4) is 22.5 Å². The number of allylic oxidation sites excluding steroid dienone is 5. The molecule has 0 spiro atoms. The van der Waals surface area contributed by atoms with Crippen LogP contribution in [0.5, 0.6) is 0 Å². The molecule has 2 aliphatic rings. The zero-order valence-electron chi connectivity index (χ0n) is 21.7. The molecule has 5 heterocycles. The SMILES string of the molecule is CC(C)CC(=O)NC1=CC(c2ccc3[nH]nc(-c4cc5c(-c6ccncc6)cncc5[nH]4)c3n2)=CC2CC2=C1. The second kappa shape index (κ2) is 9.16. The predicted molar refractivity (Wildman–Crippen MR) is 152 cm³/mol. The summed E-state index contributed by atoms with van der Waals surface area (Å²) in [5.74, 6) is 0.730. The normalized spacial score (nSPS) is 16.5. The average Bonchev–Trinajstić information content (AvgIpc) is 3.33. The largest absolute Gasteiger partial charge is 0.352 e. The number of carbonyl (C=O) groups is 1. The molecular weight excluding hydrogens is 486 g/mol. The van der Waals surface area contributed by atoms with Crippen LogP contribution in [0.1, 0.15) is 32.4 Å². The lowest BCUT2D eigenvalue weighted by Gasteiger charge is -2.09. The van der Waals surface area contributed by atoms with Gasteiger partial charge in [0.15, 0.2) is 0 Å². The van der Waals surface area contributed by atoms with Crippen molar-refractivity contribution in [2.24, 2.45) is 11.8 Å². The summed E-state index contributed by atoms with van der Waals surface area (Å²) in [5, 5.41) is 11.9. The van der Waals surface area contributed by atoms with Crippen molar-refractivity contribution in [3.05, 3.63) is 90.3 Å². The molecule has 1 atom stereocenters. The number of nitrogens with one attached hydrogen (secondary N) is 3. The predicted octanol–water partition coefficient (Wildman–Crippen LogP) is 5.95. The van der Waals surface area contributed by atoms with Gasteiger partial charge in [-0.15, -0.1) is 0 Å². The van der Waals surface area contributed by atoms with E-state index in [0.29, 0.717) is 18.3 Å². The molecule has 1 saturated carbocycles. The van der Waals surface area contributed by atoms with E-state index in [1.807, 2.05) is 56.6 Å². The number of hydrogen-bond acceptors (Lipinski definition) is 5. The van der Waals surface area contributed by atoms with Gasteiger partial charge in [-0.3, -0.25) is 19.9 Å². The Balaban J connectivity index is 1.27. The highest BCUT2D eigenvalue weighted by Crippen LogP contribution is 2.43. The fraction of sp³-hybridized carbons (Fsp3) is 0.194. The van der Waals surface area contributed by atoms with E-state index in [9.17, 15) is 4.79 Å². The van der Waals surface area contributed by atoms with E-state index in [-0.39, 0.29) is 5.91 Å². The first-order valence-electron chi connectivity index (χ1n) is 13.2. The van der Waals surface area contributed by atoms with Crippen LogP contribution in [0.2, 0.25) is 0 Å². The van der Waals surface area contributed by atoms with E-state index in [4.69, 9.17) is 4.98 Å². The fourth-order valence-electron chi connectivity index (χ4n) is 5.20. The number of hydrogen-bond donors (Lipinski definition) is 3. The Morgan fingerprint density at radius 2 is 1.95 bits per heavy atom. The molecule has 1 amide bonds. The number of H-pyrrole nitrogens is 2. The number of pyridine rings is 3. The van der Waals surface area contributed by atoms with Crippen LogP contribution in [0, 0.1) is 11.8 Å². The van der Waals surface area contributed by atoms with Gasteiger partial charge in [-0.25, -0.2) is 4.98 Å². The Hall–Kier alpha value is -4.85. The zero-order valence-corrected chi connectivity index (χ0v) is 21.7. The quantitative estimate of drug-likeness (QED) is 0.260. The monoisotopic (exact) mass is 513 g/mol. The zero-order chi connectivity index (χ0) is 26.5. The third-order valence-corrected chi connectivity index (χ3v) is 7.18. The van der Waals surface area contributed by atoms with Crippen molar-refractivity contribution in [2.75, 3.05) is 0 Å². The summed E-state index contributed by atoms with van der Waals surface area (Å²) in [6, 6.07) is 10.1. The van der Waals surface area contributed by atoms with Gasteiger partial charge in [0.2, 0.25) is 5.91 Å². The van der Waals surface area contributed by atoms with Crippen molar-refractivity contribution in [2.45, 2.75) is 26.7 Å². The van der Waals surface area contributed by atoms with Crippen LogP contribution in [-0.2, 0) is 4.79 Å². The molecule has 1 fully saturated rings. The molecule has 0 aliphatic heterocycles. The summed E-state index contributed by atoms with van der Waals surface area (Å²) in [4.78, 5) is 29.6. The van der Waals surface area contributed by atoms with E-state index >= 15 is 0 Å². The molecule has 0 saturated heterocycles. The van der Waals surface area contributed by atoms with Crippen LogP contribution in [-0.4, -0.2) is 36.0 Å². The number of nitrogens with zero attached hydrogens (tertiary/aromatic N) is 4. The molecule has 0 aromatic carbocycles. The van der Waals surface area contributed by atoms with Crippen LogP contribution in [0.15, 0.2) is 84.6 Å². The highest BCUT2D eigenvalue weighted by atomic mass is 16.1. The van der Waals surface area contributed by atoms with Crippen molar-refractivity contribution < 1.29 is 4.79 Å². The molecule has 3 N–H and O–H groups in total. The standard InChI is InChI=1S/C31H27N7O/c1-17(2)9-29(39)34-22-12-20-10-19(20)11-21(13-22)25-3-4-26-30(36-25)31(38-37-26)27-14-23-24(15-33-16-28(23)35-27)18-5-7-32-8-6-18/h3-8,11-17,19,35H,9-10H2,1-2H3,(H,34,39)(H,37,38). The van der Waals surface area contributed by atoms with Crippen molar-refractivity contribution >= 4 is 33.4 Å². The topological polar surface area (TPSA) is 112 Å². The van der Waals surface area contributed by atoms with E-state index in [1.54, 1.807) is 12.4 Å². The number of carbonyl (C=O) groups excluding carboxylic acids is 1. The van der Waals surface area contributed by atoms with Crippen LogP contribution >= 0.6 is 0 Å². The number of amides is 1. The minimum atomic E-state index is 0.0338. The van der Waals surface area contributed by atoms with Crippen LogP contribution in [0.4, 0.5) is 0 Å². The van der Waals surface area contributed by atoms with E-state index < -0.39 is 0 Å². The van der Waals surface area contributed by atoms with E-state index in [1.165, 1.54) is 5.57 Å². The number of aromatic nitrogens is 6. The van der Waals surface area contributed by atoms with Gasteiger partial charge in [0.05, 0.1) is 28.6 Å². The summed E-state index contributed by atoms with van der Waals surface area (Å²) in [7, 11) is 0. The summed E-state index contributed by atoms with van der Waals surface area (Å²) < 4.78 is 0. The molecule has 7 rings (SSSR count). The second-order valence-electron chi connectivity index (χ2n) is 10.6. The number of fused-ring (bicyclic) bond motifs is 3. The molecule has 1 unspecified atom stereocenters. The Bertz CT molecular complexity index is 1840. The second-order valence-corrected chi connectivity index (χ2v) is 10.6. The highest BCUT2D eigenvalue weighted by Gasteiger charge is 2.30. The first kappa shape index (κ1) is 23.3. The van der Waals surface area contributed by atoms with Gasteiger partial charge < -0.3 is 10.3 Å². The third-order valence-electron chi connectivity index (χ3n) is 7.18. The maximum Gasteiger partial charge on any atom is 0.224 e. The molecule has 5 aromatic heterocycles. The first-order valence-corrected chi connectivity index (χ1v) is 13.2. The maximum absolute atomic E-state index is 12.5. The Morgan fingerprint density at radius 1 is 1.08 bits per heavy atom. The average molecular weight is 514 g/mol. The smallest absolute Gasteiger partial charge is 0.224 e. The Morgan fingerprint density at radius 3 is 2.79 bits per heavy atom. The summed E-state index contributed by atoms with van der Waals surface area (Å²) in [6.45, 7) is 4.10. The molecule has 2 aliphatic carbocycles. The maximum atomic E-state index is 12.5. The first-order chi connectivity index (χ1) is 19.0. The summed E-state index contributed by atoms with van der Waals surface area (Å²) >= 11 is 0. The molecular formula is C31H27N7O. The molecule has 8 heteroatoms. The van der Waals surface area contributed by atoms with Crippen LogP contribution < -0.4 is 5.32 Å². The molecule has 0 radical (unpaired) electrons. The van der Waals surface area contributed by atoms with Gasteiger partial charge in [-0.05, 0) is 66.0 Å². The van der Waals surface area contributed by atoms with Crippen molar-refractivity contribution in [3.63, 3.8) is 0 Å². The fourth-order valence-corrected chi connectivity index (χ4v) is 5.20. The van der Waals surface area contributed by atoms with Crippen molar-refractivity contribution in [1.29, 1.82) is 0 Å². The third kappa shape index (κ3) is 4.44. The summed E-state index contributed by atoms with van der Waals surface area (Å²) in [5.41, 5.74) is 10.3. The Labute approximate surface area is 225 Å². The van der Waals surface area contributed by atoms with Crippen molar-refractivity contribution in [1.82, 2.24) is 35.5 Å². The minimum Gasteiger partial charge on any atom is -0.352 e. The van der Waals surface area contributed by atoms with Gasteiger partial charge in [0.1, 0.15) is 11.2 Å². The van der Waals surface area contributed by atoms with Crippen LogP contribution in [0.25, 0.3) is 50.0 Å². The number of rotatable bonds is 6. The van der Waals surface area contributed by atoms with Gasteiger partial charge in [-0.2, -0.15) is 5.10 Å². The minimum absolute atomic E-state index is 0.0338. The van der Waals surface area contributed by atoms with Gasteiger partial charge >= 0.3 is 0 Å². The lowest BCUT2D eigenvalue weighted by Crippen LogP contribution is -2.23. The highest BCUT2D eigenvalue weighted by molar-refractivity contribution is 6.00. The van der Waals surface area contributed by atoms with Gasteiger partial charge in [-0.1, -0.05) is 25.5 Å². The van der Waals surface area contributed by atoms with Gasteiger partial charge in [0.25, 0.3) is 0 Å². The van der Waals surface area contributed by atoms with E-state index in [0.717, 1.165) is 67.8 Å². The molecule has 5 aromatic rings. The molecule has 0 bridgehead atoms. The molecule has 8 nitrogen and oxygen atoms in total. The number of aromatic amines is 2. The summed E-state index contributed by atoms with van der Waals surface area (Å²) in [6.07, 6.45) is 15.2. The van der Waals surface area contributed by atoms with Gasteiger partial charge in [0, 0.05) is 47.6 Å². The Kier molecular flexibility index (Phi) is 5.47. The lowest BCUT2D eigenvalue weighted by molar-refractivity contribution is -0.121. The van der Waals surface area contributed by atoms with Crippen LogP contribution in [0.3, 0.4) is 0 Å². The molecule has 192 valence electrons. The van der Waals surface area contributed by atoms with E-state index in [2.05, 4.69) is 48.7 Å².